The molecule has 1 heterocycles. The van der Waals surface area contributed by atoms with E-state index in [1.807, 2.05) is 13.8 Å². The molecule has 2 N–H and O–H groups in total. The fraction of sp³-hybridized carbons (Fsp3) is 0.789. The molecular weight excluding hydrogens is 350 g/mol. The second-order valence-corrected chi connectivity index (χ2v) is 8.80. The minimum Gasteiger partial charge on any atom is -0.454 e. The number of ether oxygens (including phenoxy) is 1. The van der Waals surface area contributed by atoms with Gasteiger partial charge in [-0.2, -0.15) is 0 Å². The molecule has 1 saturated carbocycles. The molecule has 27 heavy (non-hydrogen) atoms. The number of esters is 1. The van der Waals surface area contributed by atoms with E-state index in [0.29, 0.717) is 12.8 Å². The maximum Gasteiger partial charge on any atom is 0.326 e. The van der Waals surface area contributed by atoms with E-state index < -0.39 is 36.6 Å². The predicted octanol–water partition coefficient (Wildman–Crippen LogP) is 1.58. The van der Waals surface area contributed by atoms with Crippen molar-refractivity contribution in [3.05, 3.63) is 0 Å². The van der Waals surface area contributed by atoms with Gasteiger partial charge in [-0.15, -0.1) is 0 Å². The second-order valence-electron chi connectivity index (χ2n) is 8.80. The van der Waals surface area contributed by atoms with Crippen molar-refractivity contribution < 1.29 is 23.9 Å². The van der Waals surface area contributed by atoms with Gasteiger partial charge in [-0.1, -0.05) is 27.7 Å². The van der Waals surface area contributed by atoms with Crippen LogP contribution in [0.3, 0.4) is 0 Å². The number of urea groups is 1. The van der Waals surface area contributed by atoms with E-state index >= 15 is 0 Å². The van der Waals surface area contributed by atoms with E-state index in [4.69, 9.17) is 4.74 Å². The molecule has 8 nitrogen and oxygen atoms in total. The van der Waals surface area contributed by atoms with Gasteiger partial charge in [0.25, 0.3) is 11.8 Å². The van der Waals surface area contributed by atoms with E-state index in [9.17, 15) is 19.2 Å². The zero-order valence-corrected chi connectivity index (χ0v) is 16.9. The highest BCUT2D eigenvalue weighted by molar-refractivity contribution is 6.08. The van der Waals surface area contributed by atoms with Gasteiger partial charge >= 0.3 is 12.0 Å². The Bertz CT molecular complexity index is 633. The Balaban J connectivity index is 1.95. The van der Waals surface area contributed by atoms with Crippen molar-refractivity contribution in [3.63, 3.8) is 0 Å². The lowest BCUT2D eigenvalue weighted by atomic mass is 9.64. The highest BCUT2D eigenvalue weighted by atomic mass is 16.5. The number of hydrogen-bond acceptors (Lipinski definition) is 5. The number of amides is 4. The zero-order valence-electron chi connectivity index (χ0n) is 16.9. The number of nitrogens with one attached hydrogen (secondary N) is 2. The van der Waals surface area contributed by atoms with E-state index in [1.165, 1.54) is 0 Å². The average molecular weight is 381 g/mol. The van der Waals surface area contributed by atoms with Crippen LogP contribution in [0.5, 0.6) is 0 Å². The third-order valence-electron chi connectivity index (χ3n) is 5.30. The predicted molar refractivity (Wildman–Crippen MR) is 98.6 cm³/mol. The van der Waals surface area contributed by atoms with Gasteiger partial charge in [0.2, 0.25) is 0 Å². The van der Waals surface area contributed by atoms with Crippen LogP contribution in [-0.2, 0) is 19.1 Å². The molecule has 4 amide bonds. The fourth-order valence-corrected chi connectivity index (χ4v) is 4.39. The number of nitrogens with zero attached hydrogens (tertiary/aromatic N) is 1. The van der Waals surface area contributed by atoms with Crippen LogP contribution in [-0.4, -0.2) is 53.4 Å². The summed E-state index contributed by atoms with van der Waals surface area (Å²) in [5.41, 5.74) is -1.03. The fourth-order valence-electron chi connectivity index (χ4n) is 4.39. The Morgan fingerprint density at radius 1 is 1.33 bits per heavy atom. The minimum atomic E-state index is -0.952. The molecule has 1 aliphatic carbocycles. The number of hydrogen-bond donors (Lipinski definition) is 2. The third-order valence-corrected chi connectivity index (χ3v) is 5.30. The molecule has 1 aliphatic heterocycles. The van der Waals surface area contributed by atoms with Crippen LogP contribution in [0.2, 0.25) is 0 Å². The van der Waals surface area contributed by atoms with Crippen molar-refractivity contribution >= 4 is 23.8 Å². The molecule has 0 radical (unpaired) electrons. The molecule has 2 rings (SSSR count). The van der Waals surface area contributed by atoms with Gasteiger partial charge in [-0.25, -0.2) is 4.79 Å². The Morgan fingerprint density at radius 3 is 2.59 bits per heavy atom. The molecule has 3 atom stereocenters. The molecule has 1 saturated heterocycles. The first-order valence-electron chi connectivity index (χ1n) is 9.57. The Morgan fingerprint density at radius 2 is 2.00 bits per heavy atom. The van der Waals surface area contributed by atoms with Gasteiger partial charge in [0.15, 0.2) is 6.61 Å². The number of carbonyl (C=O) groups is 4. The zero-order chi connectivity index (χ0) is 20.4. The van der Waals surface area contributed by atoms with Gasteiger partial charge in [0.05, 0.1) is 0 Å². The van der Waals surface area contributed by atoms with Crippen LogP contribution < -0.4 is 10.6 Å². The lowest BCUT2D eigenvalue weighted by Gasteiger charge is -2.43. The van der Waals surface area contributed by atoms with Crippen molar-refractivity contribution in [2.75, 3.05) is 13.2 Å². The highest BCUT2D eigenvalue weighted by Gasteiger charge is 2.56. The average Bonchev–Trinajstić information content (AvgIpc) is 2.74. The van der Waals surface area contributed by atoms with Crippen LogP contribution >= 0.6 is 0 Å². The summed E-state index contributed by atoms with van der Waals surface area (Å²) in [6.45, 7) is 9.08. The van der Waals surface area contributed by atoms with Gasteiger partial charge < -0.3 is 15.4 Å². The van der Waals surface area contributed by atoms with Crippen molar-refractivity contribution in [2.24, 2.45) is 11.3 Å². The number of rotatable bonds is 6. The van der Waals surface area contributed by atoms with Gasteiger partial charge in [-0.3, -0.25) is 19.3 Å². The molecule has 1 spiro atoms. The van der Waals surface area contributed by atoms with E-state index in [0.717, 1.165) is 17.7 Å². The summed E-state index contributed by atoms with van der Waals surface area (Å²) in [6, 6.07) is -0.593. The lowest BCUT2D eigenvalue weighted by molar-refractivity contribution is -0.151. The Kier molecular flexibility index (Phi) is 6.17. The van der Waals surface area contributed by atoms with E-state index in [-0.39, 0.29) is 23.3 Å². The molecule has 8 heteroatoms. The first-order chi connectivity index (χ1) is 12.5. The molecule has 2 aliphatic rings. The maximum atomic E-state index is 12.9. The first-order valence-corrected chi connectivity index (χ1v) is 9.57. The van der Waals surface area contributed by atoms with Crippen LogP contribution in [0.25, 0.3) is 0 Å². The summed E-state index contributed by atoms with van der Waals surface area (Å²) in [7, 11) is 0. The van der Waals surface area contributed by atoms with E-state index in [2.05, 4.69) is 31.4 Å². The van der Waals surface area contributed by atoms with Crippen LogP contribution in [0.1, 0.15) is 60.3 Å². The number of carbonyl (C=O) groups excluding carboxylic acids is 4. The summed E-state index contributed by atoms with van der Waals surface area (Å²) in [4.78, 5) is 49.9. The molecule has 152 valence electrons. The largest absolute Gasteiger partial charge is 0.454 e. The van der Waals surface area contributed by atoms with Crippen molar-refractivity contribution in [1.82, 2.24) is 15.5 Å². The maximum absolute atomic E-state index is 12.9. The lowest BCUT2D eigenvalue weighted by Crippen LogP contribution is -2.54. The van der Waals surface area contributed by atoms with Crippen molar-refractivity contribution in [1.29, 1.82) is 0 Å². The summed E-state index contributed by atoms with van der Waals surface area (Å²) < 4.78 is 4.92. The van der Waals surface area contributed by atoms with Crippen LogP contribution in [0, 0.1) is 11.3 Å². The molecule has 0 bridgehead atoms. The molecule has 0 aromatic heterocycles. The summed E-state index contributed by atoms with van der Waals surface area (Å²) in [5.74, 6) is -1.28. The second kappa shape index (κ2) is 7.86. The summed E-state index contributed by atoms with van der Waals surface area (Å²) >= 11 is 0. The van der Waals surface area contributed by atoms with Gasteiger partial charge in [-0.05, 0) is 43.9 Å². The van der Waals surface area contributed by atoms with Crippen LogP contribution in [0.15, 0.2) is 0 Å². The Labute approximate surface area is 160 Å². The highest BCUT2D eigenvalue weighted by Crippen LogP contribution is 2.46. The summed E-state index contributed by atoms with van der Waals surface area (Å²) in [5, 5.41) is 5.49. The quantitative estimate of drug-likeness (QED) is 0.537. The molecule has 0 aromatic carbocycles. The molecule has 2 fully saturated rings. The molecule has 0 unspecified atom stereocenters. The summed E-state index contributed by atoms with van der Waals surface area (Å²) in [6.07, 6.45) is 2.84. The molecular formula is C19H31N3O5. The SMILES string of the molecule is CC[C@@H](C)NC(=O)COC(=O)CN1C(=O)N[C@]2(C[C@H](C)CC(C)(C)C2)C1=O. The van der Waals surface area contributed by atoms with Gasteiger partial charge in [0.1, 0.15) is 12.1 Å². The molecule has 0 aromatic rings. The van der Waals surface area contributed by atoms with E-state index in [1.54, 1.807) is 0 Å². The standard InChI is InChI=1S/C19H31N3O5/c1-6-13(3)20-14(23)10-27-15(24)9-22-16(25)19(21-17(22)26)8-12(2)7-18(4,5)11-19/h12-13H,6-11H2,1-5H3,(H,20,23)(H,21,26)/t12-,13-,19+/m1/s1. The minimum absolute atomic E-state index is 0.0151. The smallest absolute Gasteiger partial charge is 0.326 e. The monoisotopic (exact) mass is 381 g/mol. The van der Waals surface area contributed by atoms with Crippen molar-refractivity contribution in [2.45, 2.75) is 71.9 Å². The topological polar surface area (TPSA) is 105 Å². The third kappa shape index (κ3) is 4.99. The Hall–Kier alpha value is -2.12. The number of imide groups is 1. The normalized spacial score (nSPS) is 28.0. The van der Waals surface area contributed by atoms with Gasteiger partial charge in [0, 0.05) is 6.04 Å². The van der Waals surface area contributed by atoms with Crippen LogP contribution in [0.4, 0.5) is 4.79 Å². The first kappa shape index (κ1) is 21.2. The van der Waals surface area contributed by atoms with Crippen molar-refractivity contribution in [3.8, 4) is 0 Å².